The van der Waals surface area contributed by atoms with Gasteiger partial charge in [0.2, 0.25) is 11.8 Å². The Labute approximate surface area is 292 Å². The van der Waals surface area contributed by atoms with Gasteiger partial charge in [-0.1, -0.05) is 30.3 Å². The van der Waals surface area contributed by atoms with Gasteiger partial charge in [0.1, 0.15) is 22.2 Å². The van der Waals surface area contributed by atoms with Crippen molar-refractivity contribution in [3.63, 3.8) is 0 Å². The summed E-state index contributed by atoms with van der Waals surface area (Å²) in [5.74, 6) is -4.62. The van der Waals surface area contributed by atoms with E-state index in [0.29, 0.717) is 36.4 Å². The highest BCUT2D eigenvalue weighted by Gasteiger charge is 2.73. The SMILES string of the molecule is CC(=O)N1CCC(N)(C(=O)N2CCC(c3ccc(C(OCc4c(F)cccc4F)(C(F)(F)F)C(F)(F)F)cc3)(S(=O)(=O)c3ccc(F)cc3)C2)CC1. The fourth-order valence-electron chi connectivity index (χ4n) is 6.75. The van der Waals surface area contributed by atoms with Crippen LogP contribution in [0.15, 0.2) is 71.6 Å². The number of carbonyl (C=O) groups is 2. The molecule has 1 atom stereocenters. The Morgan fingerprint density at radius 3 is 1.81 bits per heavy atom. The molecule has 2 saturated heterocycles. The smallest absolute Gasteiger partial charge is 0.349 e. The average Bonchev–Trinajstić information content (AvgIpc) is 3.52. The van der Waals surface area contributed by atoms with Gasteiger partial charge >= 0.3 is 12.4 Å². The first kappa shape index (κ1) is 39.1. The Hall–Kier alpha value is -4.16. The van der Waals surface area contributed by atoms with Gasteiger partial charge in [0, 0.05) is 44.2 Å². The van der Waals surface area contributed by atoms with Gasteiger partial charge in [-0.2, -0.15) is 26.3 Å². The van der Waals surface area contributed by atoms with Crippen molar-refractivity contribution < 1.29 is 62.3 Å². The molecule has 2 aliphatic heterocycles. The molecule has 0 spiro atoms. The van der Waals surface area contributed by atoms with Crippen molar-refractivity contribution in [1.82, 2.24) is 9.80 Å². The zero-order valence-corrected chi connectivity index (χ0v) is 28.1. The lowest BCUT2D eigenvalue weighted by molar-refractivity contribution is -0.392. The molecule has 0 bridgehead atoms. The highest BCUT2D eigenvalue weighted by Crippen LogP contribution is 2.54. The van der Waals surface area contributed by atoms with E-state index in [-0.39, 0.29) is 50.4 Å². The number of amides is 2. The van der Waals surface area contributed by atoms with Crippen LogP contribution in [0.5, 0.6) is 0 Å². The minimum absolute atomic E-state index is 0.0298. The van der Waals surface area contributed by atoms with Crippen LogP contribution in [0.1, 0.15) is 42.9 Å². The second kappa shape index (κ2) is 13.7. The standard InChI is InChI=1S/C34H32F9N3O5S/c1-21(47)45-16-13-30(44,14-17-45)29(48)46-18-15-31(20-46,52(49,50)25-11-9-24(35)10-12-25)22-5-7-23(8-6-22)32(33(38,39)40,34(41,42)43)51-19-26-27(36)3-2-4-28(26)37/h2-12H,13-20,44H2,1H3. The molecule has 5 rings (SSSR count). The molecule has 0 radical (unpaired) electrons. The second-order valence-electron chi connectivity index (χ2n) is 12.8. The third-order valence-corrected chi connectivity index (χ3v) is 12.3. The molecular weight excluding hydrogens is 733 g/mol. The van der Waals surface area contributed by atoms with Crippen LogP contribution in [0.4, 0.5) is 39.5 Å². The highest BCUT2D eigenvalue weighted by atomic mass is 32.2. The Balaban J connectivity index is 1.58. The number of carbonyl (C=O) groups excluding carboxylic acids is 2. The summed E-state index contributed by atoms with van der Waals surface area (Å²) >= 11 is 0. The van der Waals surface area contributed by atoms with Gasteiger partial charge in [-0.15, -0.1) is 0 Å². The quantitative estimate of drug-likeness (QED) is 0.227. The molecule has 0 aliphatic carbocycles. The lowest BCUT2D eigenvalue weighted by Gasteiger charge is -2.40. The molecule has 0 aromatic heterocycles. The van der Waals surface area contributed by atoms with Crippen LogP contribution < -0.4 is 5.73 Å². The molecule has 0 saturated carbocycles. The number of benzene rings is 3. The normalized spacial score (nSPS) is 19.9. The summed E-state index contributed by atoms with van der Waals surface area (Å²) in [6.07, 6.45) is -12.8. The molecule has 1 unspecified atom stereocenters. The maximum absolute atomic E-state index is 14.6. The van der Waals surface area contributed by atoms with E-state index in [0.717, 1.165) is 35.2 Å². The molecule has 2 fully saturated rings. The summed E-state index contributed by atoms with van der Waals surface area (Å²) < 4.78 is 161. The van der Waals surface area contributed by atoms with E-state index in [4.69, 9.17) is 5.73 Å². The van der Waals surface area contributed by atoms with Gasteiger partial charge in [0.25, 0.3) is 5.60 Å². The molecule has 2 amide bonds. The molecule has 8 nitrogen and oxygen atoms in total. The van der Waals surface area contributed by atoms with Crippen molar-refractivity contribution in [2.75, 3.05) is 26.2 Å². The topological polar surface area (TPSA) is 110 Å². The monoisotopic (exact) mass is 765 g/mol. The van der Waals surface area contributed by atoms with Crippen molar-refractivity contribution in [3.8, 4) is 0 Å². The van der Waals surface area contributed by atoms with Crippen LogP contribution in [0.2, 0.25) is 0 Å². The summed E-state index contributed by atoms with van der Waals surface area (Å²) in [7, 11) is -4.68. The van der Waals surface area contributed by atoms with Crippen LogP contribution in [-0.4, -0.2) is 74.1 Å². The van der Waals surface area contributed by atoms with Crippen molar-refractivity contribution in [2.24, 2.45) is 5.73 Å². The van der Waals surface area contributed by atoms with E-state index in [1.54, 1.807) is 0 Å². The molecule has 3 aromatic carbocycles. The molecule has 3 aromatic rings. The number of hydrogen-bond acceptors (Lipinski definition) is 6. The van der Waals surface area contributed by atoms with Crippen molar-refractivity contribution in [2.45, 2.75) is 65.9 Å². The number of ether oxygens (including phenoxy) is 1. The lowest BCUT2D eigenvalue weighted by Crippen LogP contribution is -2.60. The minimum atomic E-state index is -6.25. The predicted octanol–water partition coefficient (Wildman–Crippen LogP) is 5.88. The van der Waals surface area contributed by atoms with E-state index < -0.39 is 90.6 Å². The van der Waals surface area contributed by atoms with Crippen LogP contribution in [0.3, 0.4) is 0 Å². The van der Waals surface area contributed by atoms with E-state index >= 15 is 0 Å². The number of likely N-dealkylation sites (tertiary alicyclic amines) is 2. The zero-order chi connectivity index (χ0) is 38.5. The molecule has 2 aliphatic rings. The largest absolute Gasteiger partial charge is 0.430 e. The summed E-state index contributed by atoms with van der Waals surface area (Å²) in [6.45, 7) is -1.05. The Bertz CT molecular complexity index is 1900. The minimum Gasteiger partial charge on any atom is -0.349 e. The second-order valence-corrected chi connectivity index (χ2v) is 15.1. The summed E-state index contributed by atoms with van der Waals surface area (Å²) in [5, 5.41) is 0. The fourth-order valence-corrected chi connectivity index (χ4v) is 8.83. The van der Waals surface area contributed by atoms with Gasteiger partial charge in [-0.05, 0) is 61.2 Å². The predicted molar refractivity (Wildman–Crippen MR) is 166 cm³/mol. The van der Waals surface area contributed by atoms with Crippen molar-refractivity contribution in [1.29, 1.82) is 0 Å². The van der Waals surface area contributed by atoms with Gasteiger partial charge in [-0.3, -0.25) is 9.59 Å². The number of piperidine rings is 1. The summed E-state index contributed by atoms with van der Waals surface area (Å²) in [5.41, 5.74) is -3.28. The van der Waals surface area contributed by atoms with Gasteiger partial charge < -0.3 is 20.3 Å². The first-order chi connectivity index (χ1) is 24.1. The van der Waals surface area contributed by atoms with E-state index in [2.05, 4.69) is 4.74 Å². The van der Waals surface area contributed by atoms with E-state index in [1.807, 2.05) is 0 Å². The van der Waals surface area contributed by atoms with E-state index in [1.165, 1.54) is 11.8 Å². The highest BCUT2D eigenvalue weighted by molar-refractivity contribution is 7.92. The number of alkyl halides is 6. The van der Waals surface area contributed by atoms with E-state index in [9.17, 15) is 57.5 Å². The van der Waals surface area contributed by atoms with Crippen molar-refractivity contribution >= 4 is 21.7 Å². The molecule has 18 heteroatoms. The first-order valence-electron chi connectivity index (χ1n) is 15.7. The van der Waals surface area contributed by atoms with Gasteiger partial charge in [-0.25, -0.2) is 21.6 Å². The van der Waals surface area contributed by atoms with Crippen LogP contribution >= 0.6 is 0 Å². The molecule has 52 heavy (non-hydrogen) atoms. The number of halogens is 9. The number of sulfone groups is 1. The number of nitrogens with zero attached hydrogens (tertiary/aromatic N) is 2. The summed E-state index contributed by atoms with van der Waals surface area (Å²) in [4.78, 5) is 27.8. The first-order valence-corrected chi connectivity index (χ1v) is 17.2. The lowest BCUT2D eigenvalue weighted by atomic mass is 9.87. The zero-order valence-electron chi connectivity index (χ0n) is 27.3. The number of nitrogens with two attached hydrogens (primary N) is 1. The Morgan fingerprint density at radius 2 is 1.31 bits per heavy atom. The number of hydrogen-bond donors (Lipinski definition) is 1. The third-order valence-electron chi connectivity index (χ3n) is 9.79. The molecular formula is C34H32F9N3O5S. The third kappa shape index (κ3) is 6.64. The fraction of sp³-hybridized carbons (Fsp3) is 0.412. The summed E-state index contributed by atoms with van der Waals surface area (Å²) in [6, 6.07) is 7.78. The average molecular weight is 766 g/mol. The maximum Gasteiger partial charge on any atom is 0.430 e. The van der Waals surface area contributed by atoms with Crippen LogP contribution in [0, 0.1) is 17.5 Å². The maximum atomic E-state index is 14.6. The molecule has 282 valence electrons. The number of rotatable bonds is 8. The molecule has 2 N–H and O–H groups in total. The van der Waals surface area contributed by atoms with Crippen LogP contribution in [-0.2, 0) is 41.1 Å². The van der Waals surface area contributed by atoms with Crippen LogP contribution in [0.25, 0.3) is 0 Å². The molecule has 2 heterocycles. The Kier molecular flexibility index (Phi) is 10.3. The van der Waals surface area contributed by atoms with Gasteiger partial charge in [0.05, 0.1) is 17.0 Å². The van der Waals surface area contributed by atoms with Crippen molar-refractivity contribution in [3.05, 3.63) is 101 Å². The van der Waals surface area contributed by atoms with Gasteiger partial charge in [0.15, 0.2) is 9.84 Å². The Morgan fingerprint density at radius 1 is 0.788 bits per heavy atom.